The van der Waals surface area contributed by atoms with Crippen molar-refractivity contribution in [3.05, 3.63) is 23.8 Å². The lowest BCUT2D eigenvalue weighted by Crippen LogP contribution is -2.63. The number of alkyl halides is 9. The van der Waals surface area contributed by atoms with E-state index < -0.39 is 41.0 Å². The van der Waals surface area contributed by atoms with E-state index >= 15 is 0 Å². The van der Waals surface area contributed by atoms with Gasteiger partial charge < -0.3 is 9.47 Å². The second-order valence-corrected chi connectivity index (χ2v) is 4.62. The van der Waals surface area contributed by atoms with E-state index in [1.54, 1.807) is 0 Å². The van der Waals surface area contributed by atoms with Gasteiger partial charge in [0.15, 0.2) is 0 Å². The Balaban J connectivity index is 3.46. The highest BCUT2D eigenvalue weighted by Crippen LogP contribution is 2.54. The standard InChI is InChI=1S/C13H9F9O3/c1-24-6-3-4-7(8(5-6)25-2)9(23)10(14,15)11(16,17)12(18,19)13(20,21)22/h3-5H,1-2H3. The topological polar surface area (TPSA) is 35.5 Å². The minimum atomic E-state index is -7.15. The lowest BCUT2D eigenvalue weighted by molar-refractivity contribution is -0.386. The quantitative estimate of drug-likeness (QED) is 0.540. The van der Waals surface area contributed by atoms with Gasteiger partial charge >= 0.3 is 23.9 Å². The summed E-state index contributed by atoms with van der Waals surface area (Å²) < 4.78 is 125. The molecule has 0 spiro atoms. The number of Topliss-reactive ketones (excluding diaryl/α,β-unsaturated/α-hetero) is 1. The molecule has 0 amide bonds. The molecule has 0 atom stereocenters. The van der Waals surface area contributed by atoms with Crippen LogP contribution in [0.15, 0.2) is 18.2 Å². The molecule has 1 aromatic carbocycles. The largest absolute Gasteiger partial charge is 0.497 e. The fourth-order valence-electron chi connectivity index (χ4n) is 1.67. The molecule has 0 aromatic heterocycles. The van der Waals surface area contributed by atoms with Gasteiger partial charge in [0.2, 0.25) is 5.78 Å². The third kappa shape index (κ3) is 3.21. The average Bonchev–Trinajstić information content (AvgIpc) is 2.51. The third-order valence-corrected chi connectivity index (χ3v) is 3.08. The first-order chi connectivity index (χ1) is 11.1. The smallest absolute Gasteiger partial charge is 0.460 e. The van der Waals surface area contributed by atoms with Crippen molar-refractivity contribution in [2.45, 2.75) is 23.9 Å². The molecule has 0 heterocycles. The Hall–Kier alpha value is -2.14. The van der Waals surface area contributed by atoms with Crippen molar-refractivity contribution in [3.8, 4) is 11.5 Å². The molecule has 0 saturated heterocycles. The van der Waals surface area contributed by atoms with Crippen LogP contribution in [0.3, 0.4) is 0 Å². The Morgan fingerprint density at radius 1 is 0.840 bits per heavy atom. The number of halogens is 9. The molecule has 12 heteroatoms. The molecule has 0 bridgehead atoms. The van der Waals surface area contributed by atoms with E-state index in [-0.39, 0.29) is 5.75 Å². The van der Waals surface area contributed by atoms with Crippen LogP contribution in [0.1, 0.15) is 10.4 Å². The van der Waals surface area contributed by atoms with E-state index in [1.165, 1.54) is 0 Å². The molecule has 3 nitrogen and oxygen atoms in total. The lowest BCUT2D eigenvalue weighted by Gasteiger charge is -2.32. The van der Waals surface area contributed by atoms with Gasteiger partial charge in [0.1, 0.15) is 11.5 Å². The normalized spacial score (nSPS) is 13.6. The van der Waals surface area contributed by atoms with Crippen molar-refractivity contribution in [2.24, 2.45) is 0 Å². The van der Waals surface area contributed by atoms with Gasteiger partial charge in [-0.25, -0.2) is 0 Å². The number of ketones is 1. The Labute approximate surface area is 134 Å². The number of carbonyl (C=O) groups excluding carboxylic acids is 1. The maximum Gasteiger partial charge on any atom is 0.460 e. The maximum atomic E-state index is 13.6. The summed E-state index contributed by atoms with van der Waals surface area (Å²) in [5.41, 5.74) is -1.33. The molecule has 142 valence electrons. The molecule has 0 radical (unpaired) electrons. The van der Waals surface area contributed by atoms with Crippen molar-refractivity contribution in [3.63, 3.8) is 0 Å². The van der Waals surface area contributed by atoms with Crippen LogP contribution in [0, 0.1) is 0 Å². The first-order valence-electron chi connectivity index (χ1n) is 6.12. The van der Waals surface area contributed by atoms with Crippen molar-refractivity contribution in [2.75, 3.05) is 14.2 Å². The zero-order chi connectivity index (χ0) is 19.8. The minimum absolute atomic E-state index is 0.0795. The van der Waals surface area contributed by atoms with Crippen LogP contribution >= 0.6 is 0 Å². The summed E-state index contributed by atoms with van der Waals surface area (Å²) in [7, 11) is 1.94. The fraction of sp³-hybridized carbons (Fsp3) is 0.462. The molecular weight excluding hydrogens is 375 g/mol. The van der Waals surface area contributed by atoms with E-state index in [1.807, 2.05) is 0 Å². The van der Waals surface area contributed by atoms with Gasteiger partial charge in [-0.05, 0) is 12.1 Å². The molecule has 1 aromatic rings. The average molecular weight is 384 g/mol. The van der Waals surface area contributed by atoms with E-state index in [4.69, 9.17) is 0 Å². The number of hydrogen-bond donors (Lipinski definition) is 0. The number of rotatable bonds is 6. The van der Waals surface area contributed by atoms with Crippen molar-refractivity contribution >= 4 is 5.78 Å². The Morgan fingerprint density at radius 3 is 1.76 bits per heavy atom. The second kappa shape index (κ2) is 6.30. The van der Waals surface area contributed by atoms with Gasteiger partial charge in [0.05, 0.1) is 19.8 Å². The highest BCUT2D eigenvalue weighted by molar-refractivity contribution is 6.04. The monoisotopic (exact) mass is 384 g/mol. The summed E-state index contributed by atoms with van der Waals surface area (Å²) in [5, 5.41) is 0. The Morgan fingerprint density at radius 2 is 1.36 bits per heavy atom. The number of benzene rings is 1. The number of carbonyl (C=O) groups is 1. The molecule has 0 aliphatic heterocycles. The van der Waals surface area contributed by atoms with Crippen LogP contribution in [-0.2, 0) is 0 Å². The SMILES string of the molecule is COc1ccc(C(=O)C(F)(F)C(F)(F)C(F)(F)C(F)(F)F)c(OC)c1. The maximum absolute atomic E-state index is 13.6. The zero-order valence-corrected chi connectivity index (χ0v) is 12.4. The van der Waals surface area contributed by atoms with E-state index in [0.717, 1.165) is 26.4 Å². The van der Waals surface area contributed by atoms with Crippen LogP contribution in [0.2, 0.25) is 0 Å². The molecule has 25 heavy (non-hydrogen) atoms. The summed E-state index contributed by atoms with van der Waals surface area (Å²) in [6.07, 6.45) is -7.01. The zero-order valence-electron chi connectivity index (χ0n) is 12.4. The predicted octanol–water partition coefficient (Wildman–Crippen LogP) is 4.35. The first kappa shape index (κ1) is 20.9. The summed E-state index contributed by atoms with van der Waals surface area (Å²) in [5.74, 6) is -24.4. The third-order valence-electron chi connectivity index (χ3n) is 3.08. The molecule has 0 N–H and O–H groups in total. The minimum Gasteiger partial charge on any atom is -0.497 e. The second-order valence-electron chi connectivity index (χ2n) is 4.62. The summed E-state index contributed by atoms with van der Waals surface area (Å²) >= 11 is 0. The van der Waals surface area contributed by atoms with E-state index in [0.29, 0.717) is 6.07 Å². The van der Waals surface area contributed by atoms with E-state index in [9.17, 15) is 44.3 Å². The molecule has 0 unspecified atom stereocenters. The lowest BCUT2D eigenvalue weighted by atomic mass is 9.95. The van der Waals surface area contributed by atoms with Gasteiger partial charge in [0.25, 0.3) is 0 Å². The number of hydrogen-bond acceptors (Lipinski definition) is 3. The van der Waals surface area contributed by atoms with Crippen molar-refractivity contribution in [1.29, 1.82) is 0 Å². The molecule has 0 fully saturated rings. The van der Waals surface area contributed by atoms with E-state index in [2.05, 4.69) is 9.47 Å². The van der Waals surface area contributed by atoms with Gasteiger partial charge in [-0.1, -0.05) is 0 Å². The molecule has 0 aliphatic carbocycles. The van der Waals surface area contributed by atoms with Crippen molar-refractivity contribution in [1.82, 2.24) is 0 Å². The molecule has 0 aliphatic rings. The highest BCUT2D eigenvalue weighted by Gasteiger charge is 2.83. The molecular formula is C13H9F9O3. The van der Waals surface area contributed by atoms with Gasteiger partial charge in [-0.2, -0.15) is 39.5 Å². The van der Waals surface area contributed by atoms with Gasteiger partial charge in [-0.15, -0.1) is 0 Å². The van der Waals surface area contributed by atoms with Crippen LogP contribution in [0.5, 0.6) is 11.5 Å². The summed E-state index contributed by atoms with van der Waals surface area (Å²) in [6.45, 7) is 0. The fourth-order valence-corrected chi connectivity index (χ4v) is 1.67. The number of ether oxygens (including phenoxy) is 2. The first-order valence-corrected chi connectivity index (χ1v) is 6.12. The highest BCUT2D eigenvalue weighted by atomic mass is 19.4. The molecule has 0 saturated carbocycles. The summed E-state index contributed by atoms with van der Waals surface area (Å²) in [6, 6.07) is 2.07. The number of methoxy groups -OCH3 is 2. The van der Waals surface area contributed by atoms with Gasteiger partial charge in [0, 0.05) is 6.07 Å². The Bertz CT molecular complexity index is 653. The van der Waals surface area contributed by atoms with Crippen molar-refractivity contribution < 1.29 is 53.8 Å². The van der Waals surface area contributed by atoms with Crippen LogP contribution in [0.25, 0.3) is 0 Å². The summed E-state index contributed by atoms with van der Waals surface area (Å²) in [4.78, 5) is 11.6. The Kier molecular flexibility index (Phi) is 5.27. The van der Waals surface area contributed by atoms with Crippen LogP contribution < -0.4 is 9.47 Å². The van der Waals surface area contributed by atoms with Crippen LogP contribution in [-0.4, -0.2) is 43.9 Å². The predicted molar refractivity (Wildman–Crippen MR) is 64.8 cm³/mol. The van der Waals surface area contributed by atoms with Crippen LogP contribution in [0.4, 0.5) is 39.5 Å². The molecule has 1 rings (SSSR count). The van der Waals surface area contributed by atoms with Gasteiger partial charge in [-0.3, -0.25) is 4.79 Å².